The monoisotopic (exact) mass is 492 g/mol. The second-order valence-electron chi connectivity index (χ2n) is 6.14. The van der Waals surface area contributed by atoms with Gasteiger partial charge in [-0.05, 0) is 52.9 Å². The number of carbonyl (C=O) groups is 2. The van der Waals surface area contributed by atoms with Crippen molar-refractivity contribution in [2.45, 2.75) is 5.60 Å². The molecule has 0 aromatic heterocycles. The number of rotatable bonds is 4. The average molecular weight is 492 g/mol. The first-order valence-corrected chi connectivity index (χ1v) is 8.74. The summed E-state index contributed by atoms with van der Waals surface area (Å²) in [5, 5.41) is 10.2. The fourth-order valence-corrected chi connectivity index (χ4v) is 3.10. The van der Waals surface area contributed by atoms with Gasteiger partial charge < -0.3 is 21.1 Å². The molecule has 0 saturated carbocycles. The first-order valence-electron chi connectivity index (χ1n) is 7.66. The summed E-state index contributed by atoms with van der Waals surface area (Å²) in [6.45, 7) is -0.533. The van der Waals surface area contributed by atoms with E-state index < -0.39 is 40.6 Å². The maximum absolute atomic E-state index is 14.3. The van der Waals surface area contributed by atoms with Crippen LogP contribution in [0.5, 0.6) is 0 Å². The molecule has 0 unspecified atom stereocenters. The SMILES string of the molecule is NC(=O)C1([OH2+])CN(C(=O)c2ccc(F)c(F)c2Nc2ccc(I)cc2F)C1. The van der Waals surface area contributed by atoms with Crippen LogP contribution in [0.3, 0.4) is 0 Å². The molecule has 10 heteroatoms. The highest BCUT2D eigenvalue weighted by atomic mass is 127. The number of amides is 2. The Bertz CT molecular complexity index is 949. The van der Waals surface area contributed by atoms with Gasteiger partial charge in [0.25, 0.3) is 11.5 Å². The maximum atomic E-state index is 14.3. The third-order valence-electron chi connectivity index (χ3n) is 4.20. The first-order chi connectivity index (χ1) is 12.6. The van der Waals surface area contributed by atoms with Crippen LogP contribution >= 0.6 is 22.6 Å². The molecule has 5 N–H and O–H groups in total. The number of halogens is 4. The van der Waals surface area contributed by atoms with Crippen LogP contribution in [0.25, 0.3) is 0 Å². The smallest absolute Gasteiger partial charge is 0.304 e. The van der Waals surface area contributed by atoms with Crippen LogP contribution in [0.2, 0.25) is 0 Å². The summed E-state index contributed by atoms with van der Waals surface area (Å²) < 4.78 is 42.7. The predicted octanol–water partition coefficient (Wildman–Crippen LogP) is 1.86. The van der Waals surface area contributed by atoms with Crippen molar-refractivity contribution < 1.29 is 27.9 Å². The number of nitrogens with two attached hydrogens (primary N) is 1. The van der Waals surface area contributed by atoms with E-state index in [1.165, 1.54) is 12.1 Å². The van der Waals surface area contributed by atoms with Gasteiger partial charge in [-0.1, -0.05) is 0 Å². The highest BCUT2D eigenvalue weighted by molar-refractivity contribution is 14.1. The van der Waals surface area contributed by atoms with Crippen LogP contribution < -0.4 is 11.1 Å². The molecule has 0 atom stereocenters. The van der Waals surface area contributed by atoms with Gasteiger partial charge in [-0.25, -0.2) is 13.2 Å². The average Bonchev–Trinajstić information content (AvgIpc) is 2.57. The highest BCUT2D eigenvalue weighted by Gasteiger charge is 2.54. The van der Waals surface area contributed by atoms with Crippen LogP contribution in [-0.4, -0.2) is 40.5 Å². The van der Waals surface area contributed by atoms with E-state index in [0.717, 1.165) is 17.0 Å². The van der Waals surface area contributed by atoms with Crippen LogP contribution in [0.1, 0.15) is 10.4 Å². The standard InChI is InChI=1S/C17H13F3IN3O3/c18-10-3-2-9(15(25)24-6-17(27,7-24)16(22)26)14(13(10)20)23-12-4-1-8(21)5-11(12)19/h1-5,23,27H,6-7H2,(H2,22,26)/p+1. The fraction of sp³-hybridized carbons (Fsp3) is 0.176. The van der Waals surface area contributed by atoms with Gasteiger partial charge in [0.1, 0.15) is 18.9 Å². The molecule has 1 saturated heterocycles. The lowest BCUT2D eigenvalue weighted by atomic mass is 9.92. The number of primary amides is 1. The van der Waals surface area contributed by atoms with Gasteiger partial charge in [-0.2, -0.15) is 0 Å². The molecule has 1 fully saturated rings. The zero-order valence-electron chi connectivity index (χ0n) is 13.7. The molecule has 3 rings (SSSR count). The van der Waals surface area contributed by atoms with Gasteiger partial charge in [0.05, 0.1) is 16.9 Å². The molecule has 1 heterocycles. The molecule has 6 nitrogen and oxygen atoms in total. The van der Waals surface area contributed by atoms with Gasteiger partial charge in [-0.15, -0.1) is 0 Å². The molecular formula is C17H14F3IN3O3+. The van der Waals surface area contributed by atoms with Crippen LogP contribution in [0.4, 0.5) is 24.5 Å². The van der Waals surface area contributed by atoms with E-state index >= 15 is 0 Å². The topological polar surface area (TPSA) is 98.3 Å². The molecule has 1 aliphatic heterocycles. The molecular weight excluding hydrogens is 478 g/mol. The minimum Gasteiger partial charge on any atom is -0.431 e. The van der Waals surface area contributed by atoms with Crippen molar-refractivity contribution in [3.05, 3.63) is 56.9 Å². The maximum Gasteiger partial charge on any atom is 0.304 e. The van der Waals surface area contributed by atoms with Gasteiger partial charge in [0.2, 0.25) is 0 Å². The molecule has 2 aromatic carbocycles. The van der Waals surface area contributed by atoms with Gasteiger partial charge in [0.15, 0.2) is 11.6 Å². The molecule has 0 aliphatic carbocycles. The molecule has 27 heavy (non-hydrogen) atoms. The first kappa shape index (κ1) is 19.4. The number of nitrogens with one attached hydrogen (secondary N) is 1. The number of nitrogens with zero attached hydrogens (tertiary/aromatic N) is 1. The molecule has 2 amide bonds. The second kappa shape index (κ2) is 7.00. The Kier molecular flexibility index (Phi) is 5.04. The molecule has 0 bridgehead atoms. The summed E-state index contributed by atoms with van der Waals surface area (Å²) in [5.41, 5.74) is 2.59. The summed E-state index contributed by atoms with van der Waals surface area (Å²) in [5.74, 6) is -4.86. The van der Waals surface area contributed by atoms with E-state index in [9.17, 15) is 22.8 Å². The quantitative estimate of drug-likeness (QED) is 0.504. The van der Waals surface area contributed by atoms with Crippen molar-refractivity contribution in [3.63, 3.8) is 0 Å². The number of hydrogen-bond acceptors (Lipinski definition) is 3. The molecule has 1 aliphatic rings. The van der Waals surface area contributed by atoms with E-state index in [2.05, 4.69) is 5.32 Å². The number of likely N-dealkylation sites (tertiary alicyclic amines) is 1. The zero-order valence-corrected chi connectivity index (χ0v) is 15.8. The van der Waals surface area contributed by atoms with E-state index in [1.807, 2.05) is 22.6 Å². The molecule has 142 valence electrons. The Morgan fingerprint density at radius 2 is 1.81 bits per heavy atom. The fourth-order valence-electron chi connectivity index (χ4n) is 2.65. The minimum absolute atomic E-state index is 0.135. The Morgan fingerprint density at radius 1 is 1.15 bits per heavy atom. The number of hydrogen-bond donors (Lipinski definition) is 2. The van der Waals surface area contributed by atoms with Crippen molar-refractivity contribution in [2.24, 2.45) is 5.73 Å². The van der Waals surface area contributed by atoms with Crippen LogP contribution in [0, 0.1) is 21.0 Å². The lowest BCUT2D eigenvalue weighted by Crippen LogP contribution is -2.69. The molecule has 2 aromatic rings. The third kappa shape index (κ3) is 3.58. The zero-order chi connectivity index (χ0) is 19.9. The predicted molar refractivity (Wildman–Crippen MR) is 100 cm³/mol. The Balaban J connectivity index is 1.94. The van der Waals surface area contributed by atoms with E-state index in [4.69, 9.17) is 10.8 Å². The number of benzene rings is 2. The van der Waals surface area contributed by atoms with Gasteiger partial charge >= 0.3 is 5.91 Å². The van der Waals surface area contributed by atoms with Crippen molar-refractivity contribution in [1.82, 2.24) is 4.90 Å². The molecule has 0 radical (unpaired) electrons. The Morgan fingerprint density at radius 3 is 2.41 bits per heavy atom. The summed E-state index contributed by atoms with van der Waals surface area (Å²) >= 11 is 1.89. The van der Waals surface area contributed by atoms with Crippen molar-refractivity contribution in [2.75, 3.05) is 18.4 Å². The van der Waals surface area contributed by atoms with E-state index in [0.29, 0.717) is 3.57 Å². The highest BCUT2D eigenvalue weighted by Crippen LogP contribution is 2.31. The second-order valence-corrected chi connectivity index (χ2v) is 7.39. The molecule has 0 spiro atoms. The van der Waals surface area contributed by atoms with E-state index in [1.54, 1.807) is 6.07 Å². The Hall–Kier alpha value is -2.34. The normalized spacial score (nSPS) is 15.2. The third-order valence-corrected chi connectivity index (χ3v) is 4.87. The summed E-state index contributed by atoms with van der Waals surface area (Å²) in [6.07, 6.45) is 0. The summed E-state index contributed by atoms with van der Waals surface area (Å²) in [7, 11) is 0. The summed E-state index contributed by atoms with van der Waals surface area (Å²) in [4.78, 5) is 24.9. The van der Waals surface area contributed by atoms with Gasteiger partial charge in [-0.3, -0.25) is 9.59 Å². The van der Waals surface area contributed by atoms with Crippen molar-refractivity contribution in [1.29, 1.82) is 0 Å². The minimum atomic E-state index is -1.61. The lowest BCUT2D eigenvalue weighted by Gasteiger charge is -2.40. The van der Waals surface area contributed by atoms with Crippen molar-refractivity contribution in [3.8, 4) is 0 Å². The van der Waals surface area contributed by atoms with E-state index in [-0.39, 0.29) is 24.3 Å². The Labute approximate surface area is 165 Å². The number of carbonyl (C=O) groups excluding carboxylic acids is 2. The lowest BCUT2D eigenvalue weighted by molar-refractivity contribution is -0.151. The van der Waals surface area contributed by atoms with Crippen molar-refractivity contribution >= 4 is 45.8 Å². The summed E-state index contributed by atoms with van der Waals surface area (Å²) in [6, 6.07) is 5.92. The largest absolute Gasteiger partial charge is 0.431 e. The van der Waals surface area contributed by atoms with Gasteiger partial charge in [0, 0.05) is 3.57 Å². The van der Waals surface area contributed by atoms with Crippen LogP contribution in [-0.2, 0) is 4.79 Å². The number of anilines is 2. The van der Waals surface area contributed by atoms with Crippen LogP contribution in [0.15, 0.2) is 30.3 Å².